The zero-order valence-corrected chi connectivity index (χ0v) is 10.7. The Morgan fingerprint density at radius 2 is 2.35 bits per heavy atom. The number of likely N-dealkylation sites (N-methyl/N-ethyl adjacent to an activating group) is 1. The van der Waals surface area contributed by atoms with Crippen molar-refractivity contribution >= 4 is 5.82 Å². The molecular formula is C12H20N4O. The molecular weight excluding hydrogens is 216 g/mol. The summed E-state index contributed by atoms with van der Waals surface area (Å²) >= 11 is 0. The number of anilines is 1. The first kappa shape index (κ1) is 12.1. The summed E-state index contributed by atoms with van der Waals surface area (Å²) in [6.07, 6.45) is 1.16. The van der Waals surface area contributed by atoms with Crippen molar-refractivity contribution in [3.8, 4) is 5.88 Å². The highest BCUT2D eigenvalue weighted by Crippen LogP contribution is 2.20. The van der Waals surface area contributed by atoms with Gasteiger partial charge >= 0.3 is 0 Å². The summed E-state index contributed by atoms with van der Waals surface area (Å²) in [7, 11) is 2.08. The van der Waals surface area contributed by atoms with Gasteiger partial charge in [0.15, 0.2) is 0 Å². The van der Waals surface area contributed by atoms with E-state index < -0.39 is 0 Å². The van der Waals surface area contributed by atoms with E-state index in [0.717, 1.165) is 31.2 Å². The summed E-state index contributed by atoms with van der Waals surface area (Å²) in [6.45, 7) is 6.58. The van der Waals surface area contributed by atoms with E-state index in [1.807, 2.05) is 19.9 Å². The second kappa shape index (κ2) is 5.31. The lowest BCUT2D eigenvalue weighted by Gasteiger charge is -2.25. The predicted octanol–water partition coefficient (Wildman–Crippen LogP) is 0.982. The Balaban J connectivity index is 2.18. The van der Waals surface area contributed by atoms with E-state index in [-0.39, 0.29) is 0 Å². The van der Waals surface area contributed by atoms with Crippen molar-refractivity contribution in [3.05, 3.63) is 11.9 Å². The van der Waals surface area contributed by atoms with Gasteiger partial charge in [-0.25, -0.2) is 4.98 Å². The maximum absolute atomic E-state index is 5.45. The summed E-state index contributed by atoms with van der Waals surface area (Å²) in [4.78, 5) is 10.9. The lowest BCUT2D eigenvalue weighted by atomic mass is 10.2. The molecule has 1 aromatic heterocycles. The van der Waals surface area contributed by atoms with Crippen molar-refractivity contribution in [1.82, 2.24) is 15.3 Å². The molecule has 0 saturated carbocycles. The van der Waals surface area contributed by atoms with Crippen molar-refractivity contribution in [2.45, 2.75) is 26.3 Å². The smallest absolute Gasteiger partial charge is 0.218 e. The van der Waals surface area contributed by atoms with Crippen LogP contribution in [0.1, 0.15) is 19.2 Å². The molecule has 1 aromatic rings. The molecule has 17 heavy (non-hydrogen) atoms. The minimum atomic E-state index is 0.513. The highest BCUT2D eigenvalue weighted by molar-refractivity contribution is 5.42. The van der Waals surface area contributed by atoms with Crippen molar-refractivity contribution in [2.24, 2.45) is 0 Å². The Hall–Kier alpha value is -1.36. The van der Waals surface area contributed by atoms with Gasteiger partial charge in [-0.05, 0) is 26.8 Å². The summed E-state index contributed by atoms with van der Waals surface area (Å²) in [6, 6.07) is 2.42. The molecule has 1 fully saturated rings. The van der Waals surface area contributed by atoms with Crippen LogP contribution in [-0.2, 0) is 0 Å². The van der Waals surface area contributed by atoms with Gasteiger partial charge < -0.3 is 15.0 Å². The summed E-state index contributed by atoms with van der Waals surface area (Å²) in [5.41, 5.74) is 0. The first-order valence-electron chi connectivity index (χ1n) is 6.12. The lowest BCUT2D eigenvalue weighted by Crippen LogP contribution is -2.34. The van der Waals surface area contributed by atoms with Gasteiger partial charge in [0.1, 0.15) is 11.6 Å². The predicted molar refractivity (Wildman–Crippen MR) is 67.6 cm³/mol. The third kappa shape index (κ3) is 2.85. The van der Waals surface area contributed by atoms with E-state index in [9.17, 15) is 0 Å². The Bertz CT molecular complexity index is 377. The topological polar surface area (TPSA) is 50.3 Å². The first-order chi connectivity index (χ1) is 8.20. The molecule has 0 spiro atoms. The van der Waals surface area contributed by atoms with Gasteiger partial charge in [-0.3, -0.25) is 0 Å². The third-order valence-electron chi connectivity index (χ3n) is 3.04. The van der Waals surface area contributed by atoms with Crippen molar-refractivity contribution in [1.29, 1.82) is 0 Å². The fraction of sp³-hybridized carbons (Fsp3) is 0.667. The van der Waals surface area contributed by atoms with Crippen LogP contribution in [0.15, 0.2) is 6.07 Å². The summed E-state index contributed by atoms with van der Waals surface area (Å²) in [5, 5.41) is 3.36. The van der Waals surface area contributed by atoms with Gasteiger partial charge in [0.05, 0.1) is 6.61 Å². The van der Waals surface area contributed by atoms with Crippen LogP contribution in [0.5, 0.6) is 5.88 Å². The number of aromatic nitrogens is 2. The van der Waals surface area contributed by atoms with Gasteiger partial charge in [-0.2, -0.15) is 4.98 Å². The Labute approximate surface area is 102 Å². The number of hydrogen-bond donors (Lipinski definition) is 1. The first-order valence-corrected chi connectivity index (χ1v) is 6.12. The van der Waals surface area contributed by atoms with Crippen LogP contribution in [-0.4, -0.2) is 42.8 Å². The molecule has 1 saturated heterocycles. The van der Waals surface area contributed by atoms with E-state index in [0.29, 0.717) is 18.5 Å². The maximum Gasteiger partial charge on any atom is 0.218 e. The fourth-order valence-corrected chi connectivity index (χ4v) is 2.08. The highest BCUT2D eigenvalue weighted by atomic mass is 16.5. The van der Waals surface area contributed by atoms with Crippen molar-refractivity contribution < 1.29 is 4.74 Å². The van der Waals surface area contributed by atoms with Crippen LogP contribution in [0.25, 0.3) is 0 Å². The van der Waals surface area contributed by atoms with Gasteiger partial charge in [0.2, 0.25) is 5.88 Å². The average Bonchev–Trinajstić information content (AvgIpc) is 2.81. The number of ether oxygens (including phenoxy) is 1. The molecule has 0 amide bonds. The van der Waals surface area contributed by atoms with E-state index in [1.54, 1.807) is 0 Å². The normalized spacial score (nSPS) is 19.4. The molecule has 0 radical (unpaired) electrons. The Morgan fingerprint density at radius 3 is 3.00 bits per heavy atom. The van der Waals surface area contributed by atoms with E-state index >= 15 is 0 Å². The molecule has 0 aliphatic carbocycles. The van der Waals surface area contributed by atoms with Crippen molar-refractivity contribution in [2.75, 3.05) is 31.6 Å². The molecule has 0 bridgehead atoms. The van der Waals surface area contributed by atoms with Crippen molar-refractivity contribution in [3.63, 3.8) is 0 Å². The van der Waals surface area contributed by atoms with E-state index in [4.69, 9.17) is 4.74 Å². The van der Waals surface area contributed by atoms with E-state index in [1.165, 1.54) is 0 Å². The molecule has 1 unspecified atom stereocenters. The molecule has 94 valence electrons. The van der Waals surface area contributed by atoms with Crippen LogP contribution in [0.3, 0.4) is 0 Å². The lowest BCUT2D eigenvalue weighted by molar-refractivity contribution is 0.325. The number of rotatable bonds is 4. The largest absolute Gasteiger partial charge is 0.478 e. The Morgan fingerprint density at radius 1 is 1.53 bits per heavy atom. The number of hydrogen-bond acceptors (Lipinski definition) is 5. The van der Waals surface area contributed by atoms with Crippen LogP contribution in [0.4, 0.5) is 5.82 Å². The summed E-state index contributed by atoms with van der Waals surface area (Å²) < 4.78 is 5.45. The fourth-order valence-electron chi connectivity index (χ4n) is 2.08. The molecule has 1 aliphatic rings. The second-order valence-corrected chi connectivity index (χ2v) is 4.30. The molecule has 5 heteroatoms. The van der Waals surface area contributed by atoms with E-state index in [2.05, 4.69) is 27.2 Å². The quantitative estimate of drug-likeness (QED) is 0.844. The van der Waals surface area contributed by atoms with Crippen LogP contribution in [0.2, 0.25) is 0 Å². The highest BCUT2D eigenvalue weighted by Gasteiger charge is 2.21. The number of nitrogens with one attached hydrogen (secondary N) is 1. The van der Waals surface area contributed by atoms with Gasteiger partial charge in [0, 0.05) is 25.7 Å². The molecule has 1 N–H and O–H groups in total. The third-order valence-corrected chi connectivity index (χ3v) is 3.04. The van der Waals surface area contributed by atoms with Gasteiger partial charge in [-0.1, -0.05) is 0 Å². The van der Waals surface area contributed by atoms with Crippen LogP contribution in [0, 0.1) is 6.92 Å². The molecule has 0 aromatic carbocycles. The van der Waals surface area contributed by atoms with Crippen LogP contribution >= 0.6 is 0 Å². The maximum atomic E-state index is 5.45. The van der Waals surface area contributed by atoms with Gasteiger partial charge in [0.25, 0.3) is 0 Å². The number of aryl methyl sites for hydroxylation is 1. The molecule has 1 aliphatic heterocycles. The number of nitrogens with zero attached hydrogens (tertiary/aromatic N) is 3. The molecule has 2 rings (SSSR count). The standard InChI is InChI=1S/C12H20N4O/c1-4-17-12-7-11(14-9(2)15-12)16(3)10-5-6-13-8-10/h7,10,13H,4-6,8H2,1-3H3. The SMILES string of the molecule is CCOc1cc(N(C)C2CCNC2)nc(C)n1. The monoisotopic (exact) mass is 236 g/mol. The minimum Gasteiger partial charge on any atom is -0.478 e. The second-order valence-electron chi connectivity index (χ2n) is 4.30. The average molecular weight is 236 g/mol. The zero-order valence-electron chi connectivity index (χ0n) is 10.7. The molecule has 5 nitrogen and oxygen atoms in total. The minimum absolute atomic E-state index is 0.513. The zero-order chi connectivity index (χ0) is 12.3. The van der Waals surface area contributed by atoms with Crippen LogP contribution < -0.4 is 15.0 Å². The summed E-state index contributed by atoms with van der Waals surface area (Å²) in [5.74, 6) is 2.35. The molecule has 2 heterocycles. The van der Waals surface area contributed by atoms with Gasteiger partial charge in [-0.15, -0.1) is 0 Å². The molecule has 1 atom stereocenters. The Kier molecular flexibility index (Phi) is 3.78.